The smallest absolute Gasteiger partial charge is 0.264 e. The largest absolute Gasteiger partial charge is 0.276 e. The Morgan fingerprint density at radius 1 is 0.710 bits per heavy atom. The number of hydrogen-bond acceptors (Lipinski definition) is 2. The van der Waals surface area contributed by atoms with Crippen LogP contribution in [0.3, 0.4) is 0 Å². The molecule has 0 radical (unpaired) electrons. The molecule has 3 heteroatoms. The van der Waals surface area contributed by atoms with Gasteiger partial charge in [0.15, 0.2) is 0 Å². The maximum Gasteiger partial charge on any atom is 0.264 e. The molecule has 0 bridgehead atoms. The molecule has 0 unspecified atom stereocenters. The maximum absolute atomic E-state index is 13.9. The van der Waals surface area contributed by atoms with E-state index in [1.165, 1.54) is 5.56 Å². The number of anilines is 2. The van der Waals surface area contributed by atoms with Crippen molar-refractivity contribution < 1.29 is 4.79 Å². The van der Waals surface area contributed by atoms with Gasteiger partial charge in [0.25, 0.3) is 5.91 Å². The standard InChI is InChI=1S/C28H20N2O/c1-17-12-13-24(18(2)14-17)30-25-16-20(19-8-4-3-5-9-19)15-23-27(25)26(28(30)31)21-10-6-7-11-22(21)29-23/h3-16H,1-2H3. The molecule has 3 nitrogen and oxygen atoms in total. The molecule has 1 amide bonds. The number of para-hydroxylation sites is 1. The lowest BCUT2D eigenvalue weighted by atomic mass is 9.99. The van der Waals surface area contributed by atoms with Crippen molar-refractivity contribution in [2.75, 3.05) is 4.90 Å². The van der Waals surface area contributed by atoms with Crippen LogP contribution in [0.4, 0.5) is 11.4 Å². The van der Waals surface area contributed by atoms with Crippen molar-refractivity contribution in [1.29, 1.82) is 0 Å². The number of benzene rings is 4. The molecule has 5 aromatic rings. The van der Waals surface area contributed by atoms with Crippen LogP contribution < -0.4 is 4.90 Å². The summed E-state index contributed by atoms with van der Waals surface area (Å²) in [6.45, 7) is 4.14. The van der Waals surface area contributed by atoms with Crippen LogP contribution in [-0.4, -0.2) is 10.9 Å². The molecule has 31 heavy (non-hydrogen) atoms. The number of amides is 1. The van der Waals surface area contributed by atoms with Gasteiger partial charge in [0.2, 0.25) is 0 Å². The van der Waals surface area contributed by atoms with E-state index < -0.39 is 0 Å². The lowest BCUT2D eigenvalue weighted by Gasteiger charge is -2.21. The minimum Gasteiger partial charge on any atom is -0.276 e. The number of nitrogens with zero attached hydrogens (tertiary/aromatic N) is 2. The molecule has 6 rings (SSSR count). The fourth-order valence-corrected chi connectivity index (χ4v) is 4.72. The van der Waals surface area contributed by atoms with E-state index in [0.717, 1.165) is 55.4 Å². The Balaban J connectivity index is 1.72. The Hall–Kier alpha value is -3.98. The third kappa shape index (κ3) is 2.60. The summed E-state index contributed by atoms with van der Waals surface area (Å²) in [5.41, 5.74) is 8.69. The molecule has 1 aliphatic rings. The number of hydrogen-bond donors (Lipinski definition) is 0. The summed E-state index contributed by atoms with van der Waals surface area (Å²) in [4.78, 5) is 20.7. The van der Waals surface area contributed by atoms with Gasteiger partial charge in [-0.05, 0) is 54.8 Å². The fraction of sp³-hybridized carbons (Fsp3) is 0.0714. The number of pyridine rings is 1. The number of carbonyl (C=O) groups excluding carboxylic acids is 1. The van der Waals surface area contributed by atoms with Crippen molar-refractivity contribution in [3.63, 3.8) is 0 Å². The highest BCUT2D eigenvalue weighted by atomic mass is 16.2. The van der Waals surface area contributed by atoms with Gasteiger partial charge < -0.3 is 0 Å². The third-order valence-corrected chi connectivity index (χ3v) is 6.12. The van der Waals surface area contributed by atoms with Crippen molar-refractivity contribution in [1.82, 2.24) is 4.98 Å². The van der Waals surface area contributed by atoms with Gasteiger partial charge in [0.05, 0.1) is 28.0 Å². The topological polar surface area (TPSA) is 33.2 Å². The summed E-state index contributed by atoms with van der Waals surface area (Å²) in [6.07, 6.45) is 0. The molecule has 1 aromatic heterocycles. The van der Waals surface area contributed by atoms with E-state index in [9.17, 15) is 4.79 Å². The molecule has 4 aromatic carbocycles. The second-order valence-corrected chi connectivity index (χ2v) is 8.19. The fourth-order valence-electron chi connectivity index (χ4n) is 4.72. The van der Waals surface area contributed by atoms with Crippen LogP contribution in [0.25, 0.3) is 32.9 Å². The van der Waals surface area contributed by atoms with Gasteiger partial charge in [-0.3, -0.25) is 9.69 Å². The van der Waals surface area contributed by atoms with Crippen LogP contribution in [0.5, 0.6) is 0 Å². The van der Waals surface area contributed by atoms with Crippen molar-refractivity contribution in [3.05, 3.63) is 102 Å². The lowest BCUT2D eigenvalue weighted by Crippen LogP contribution is -2.22. The van der Waals surface area contributed by atoms with E-state index in [-0.39, 0.29) is 5.91 Å². The van der Waals surface area contributed by atoms with E-state index in [4.69, 9.17) is 4.98 Å². The quantitative estimate of drug-likeness (QED) is 0.300. The number of rotatable bonds is 2. The van der Waals surface area contributed by atoms with Crippen LogP contribution in [0, 0.1) is 13.8 Å². The molecule has 0 saturated heterocycles. The highest BCUT2D eigenvalue weighted by molar-refractivity contribution is 6.32. The highest BCUT2D eigenvalue weighted by Crippen LogP contribution is 2.46. The van der Waals surface area contributed by atoms with Crippen LogP contribution in [0.2, 0.25) is 0 Å². The van der Waals surface area contributed by atoms with Gasteiger partial charge in [-0.25, -0.2) is 4.98 Å². The van der Waals surface area contributed by atoms with E-state index in [2.05, 4.69) is 50.2 Å². The predicted octanol–water partition coefficient (Wildman–Crippen LogP) is 6.96. The first-order chi connectivity index (χ1) is 15.1. The maximum atomic E-state index is 13.9. The predicted molar refractivity (Wildman–Crippen MR) is 127 cm³/mol. The van der Waals surface area contributed by atoms with Gasteiger partial charge >= 0.3 is 0 Å². The average Bonchev–Trinajstić information content (AvgIpc) is 3.08. The minimum absolute atomic E-state index is 0.00997. The Labute approximate surface area is 180 Å². The van der Waals surface area contributed by atoms with Gasteiger partial charge in [0.1, 0.15) is 0 Å². The lowest BCUT2D eigenvalue weighted by molar-refractivity contribution is 0.101. The number of aromatic nitrogens is 1. The zero-order chi connectivity index (χ0) is 21.1. The van der Waals surface area contributed by atoms with Crippen LogP contribution in [0.15, 0.2) is 84.9 Å². The normalized spacial score (nSPS) is 12.8. The molecular weight excluding hydrogens is 380 g/mol. The van der Waals surface area contributed by atoms with Gasteiger partial charge in [0, 0.05) is 10.8 Å². The first-order valence-corrected chi connectivity index (χ1v) is 10.5. The van der Waals surface area contributed by atoms with Gasteiger partial charge in [-0.2, -0.15) is 0 Å². The van der Waals surface area contributed by atoms with Crippen molar-refractivity contribution in [2.45, 2.75) is 13.8 Å². The van der Waals surface area contributed by atoms with Crippen molar-refractivity contribution in [3.8, 4) is 11.1 Å². The molecule has 0 spiro atoms. The number of carbonyl (C=O) groups is 1. The molecular formula is C28H20N2O. The summed E-state index contributed by atoms with van der Waals surface area (Å²) in [5, 5.41) is 1.84. The summed E-state index contributed by atoms with van der Waals surface area (Å²) in [7, 11) is 0. The second kappa shape index (κ2) is 6.51. The number of fused-ring (bicyclic) bond motifs is 2. The molecule has 2 heterocycles. The molecule has 1 aliphatic heterocycles. The number of aryl methyl sites for hydroxylation is 2. The zero-order valence-corrected chi connectivity index (χ0v) is 17.4. The third-order valence-electron chi connectivity index (χ3n) is 6.12. The van der Waals surface area contributed by atoms with E-state index in [1.54, 1.807) is 0 Å². The Morgan fingerprint density at radius 2 is 1.48 bits per heavy atom. The first-order valence-electron chi connectivity index (χ1n) is 10.5. The summed E-state index contributed by atoms with van der Waals surface area (Å²) < 4.78 is 0. The summed E-state index contributed by atoms with van der Waals surface area (Å²) >= 11 is 0. The second-order valence-electron chi connectivity index (χ2n) is 8.19. The Morgan fingerprint density at radius 3 is 2.29 bits per heavy atom. The first kappa shape index (κ1) is 17.8. The highest BCUT2D eigenvalue weighted by Gasteiger charge is 2.34. The average molecular weight is 400 g/mol. The SMILES string of the molecule is Cc1ccc(N2C(=O)c3c4ccccc4nc4cc(-c5ccccc5)cc2c34)c(C)c1. The summed E-state index contributed by atoms with van der Waals surface area (Å²) in [5.74, 6) is 0.00997. The van der Waals surface area contributed by atoms with Crippen LogP contribution >= 0.6 is 0 Å². The molecule has 0 fully saturated rings. The van der Waals surface area contributed by atoms with Crippen molar-refractivity contribution in [2.24, 2.45) is 0 Å². The minimum atomic E-state index is 0.00997. The summed E-state index contributed by atoms with van der Waals surface area (Å²) in [6, 6.07) is 28.6. The monoisotopic (exact) mass is 400 g/mol. The van der Waals surface area contributed by atoms with Crippen LogP contribution in [-0.2, 0) is 0 Å². The van der Waals surface area contributed by atoms with Gasteiger partial charge in [-0.15, -0.1) is 0 Å². The zero-order valence-electron chi connectivity index (χ0n) is 17.4. The van der Waals surface area contributed by atoms with Crippen LogP contribution in [0.1, 0.15) is 21.5 Å². The van der Waals surface area contributed by atoms with E-state index in [0.29, 0.717) is 0 Å². The van der Waals surface area contributed by atoms with Gasteiger partial charge in [-0.1, -0.05) is 66.2 Å². The Kier molecular flexibility index (Phi) is 3.75. The molecule has 0 saturated carbocycles. The molecule has 148 valence electrons. The Bertz CT molecular complexity index is 1520. The van der Waals surface area contributed by atoms with E-state index >= 15 is 0 Å². The molecule has 0 atom stereocenters. The molecule has 0 N–H and O–H groups in total. The van der Waals surface area contributed by atoms with E-state index in [1.807, 2.05) is 53.4 Å². The molecule has 0 aliphatic carbocycles. The van der Waals surface area contributed by atoms with Crippen molar-refractivity contribution >= 4 is 39.1 Å².